The summed E-state index contributed by atoms with van der Waals surface area (Å²) in [5.74, 6) is -1.02. The zero-order chi connectivity index (χ0) is 11.7. The molecule has 0 radical (unpaired) electrons. The highest BCUT2D eigenvalue weighted by Crippen LogP contribution is 2.23. The molecule has 16 heavy (non-hydrogen) atoms. The summed E-state index contributed by atoms with van der Waals surface area (Å²) in [6.07, 6.45) is 0. The number of aromatic carboxylic acids is 1. The number of benzene rings is 1. The number of nitrogens with one attached hydrogen (secondary N) is 1. The Bertz CT molecular complexity index is 531. The average molecular weight is 281 g/mol. The number of carboxylic acids is 1. The summed E-state index contributed by atoms with van der Waals surface area (Å²) in [5, 5.41) is 9.00. The molecule has 0 spiro atoms. The Labute approximate surface area is 100 Å². The number of aryl methyl sites for hydroxylation is 1. The van der Waals surface area contributed by atoms with E-state index in [4.69, 9.17) is 5.11 Å². The molecule has 0 fully saturated rings. The van der Waals surface area contributed by atoms with Crippen molar-refractivity contribution in [1.82, 2.24) is 9.97 Å². The lowest BCUT2D eigenvalue weighted by molar-refractivity contribution is 0.0692. The Kier molecular flexibility index (Phi) is 2.78. The number of rotatable bonds is 2. The minimum atomic E-state index is -1.02. The Hall–Kier alpha value is -1.62. The third kappa shape index (κ3) is 1.99. The van der Waals surface area contributed by atoms with E-state index in [1.165, 1.54) is 0 Å². The molecule has 0 atom stereocenters. The van der Waals surface area contributed by atoms with Crippen molar-refractivity contribution in [2.75, 3.05) is 0 Å². The van der Waals surface area contributed by atoms with Crippen LogP contribution in [0.4, 0.5) is 0 Å². The van der Waals surface area contributed by atoms with Crippen LogP contribution in [0.25, 0.3) is 11.3 Å². The highest BCUT2D eigenvalue weighted by Gasteiger charge is 2.16. The lowest BCUT2D eigenvalue weighted by Gasteiger charge is -1.99. The fourth-order valence-electron chi connectivity index (χ4n) is 1.42. The number of imidazole rings is 1. The molecule has 0 aliphatic carbocycles. The number of aromatic amines is 1. The van der Waals surface area contributed by atoms with Crippen molar-refractivity contribution < 1.29 is 9.90 Å². The number of H-pyrrole nitrogens is 1. The van der Waals surface area contributed by atoms with Gasteiger partial charge in [0.05, 0.1) is 0 Å². The molecule has 0 amide bonds. The molecule has 1 aromatic heterocycles. The van der Waals surface area contributed by atoms with Crippen LogP contribution in [0.1, 0.15) is 16.1 Å². The van der Waals surface area contributed by atoms with Crippen molar-refractivity contribution in [3.8, 4) is 11.3 Å². The molecule has 2 rings (SSSR count). The van der Waals surface area contributed by atoms with Crippen molar-refractivity contribution in [3.05, 3.63) is 40.3 Å². The molecule has 0 saturated heterocycles. The van der Waals surface area contributed by atoms with E-state index in [9.17, 15) is 4.79 Å². The van der Waals surface area contributed by atoms with E-state index in [2.05, 4.69) is 25.9 Å². The molecule has 82 valence electrons. The van der Waals surface area contributed by atoms with Crippen LogP contribution in [0.2, 0.25) is 0 Å². The normalized spacial score (nSPS) is 10.4. The van der Waals surface area contributed by atoms with E-state index >= 15 is 0 Å². The first-order chi connectivity index (χ1) is 7.58. The van der Waals surface area contributed by atoms with Crippen molar-refractivity contribution in [2.45, 2.75) is 6.92 Å². The number of carboxylic acid groups (broad SMARTS) is 1. The topological polar surface area (TPSA) is 66.0 Å². The number of hydrogen-bond donors (Lipinski definition) is 2. The van der Waals surface area contributed by atoms with Gasteiger partial charge in [0.2, 0.25) is 0 Å². The fraction of sp³-hybridized carbons (Fsp3) is 0.0909. The van der Waals surface area contributed by atoms with E-state index in [1.807, 2.05) is 31.2 Å². The van der Waals surface area contributed by atoms with Crippen LogP contribution in [-0.4, -0.2) is 21.0 Å². The molecule has 2 N–H and O–H groups in total. The first-order valence-electron chi connectivity index (χ1n) is 4.64. The van der Waals surface area contributed by atoms with Crippen LogP contribution < -0.4 is 0 Å². The Morgan fingerprint density at radius 1 is 1.38 bits per heavy atom. The van der Waals surface area contributed by atoms with Gasteiger partial charge in [0, 0.05) is 5.56 Å². The van der Waals surface area contributed by atoms with Crippen molar-refractivity contribution in [3.63, 3.8) is 0 Å². The third-order valence-corrected chi connectivity index (χ3v) is 2.59. The third-order valence-electron chi connectivity index (χ3n) is 2.21. The van der Waals surface area contributed by atoms with Crippen molar-refractivity contribution in [1.29, 1.82) is 0 Å². The number of hydrogen-bond acceptors (Lipinski definition) is 2. The van der Waals surface area contributed by atoms with Crippen LogP contribution in [0.15, 0.2) is 29.0 Å². The van der Waals surface area contributed by atoms with Gasteiger partial charge in [-0.1, -0.05) is 29.8 Å². The molecule has 0 saturated carbocycles. The van der Waals surface area contributed by atoms with Gasteiger partial charge in [-0.25, -0.2) is 9.78 Å². The van der Waals surface area contributed by atoms with Gasteiger partial charge in [0.1, 0.15) is 5.69 Å². The second-order valence-corrected chi connectivity index (χ2v) is 4.17. The van der Waals surface area contributed by atoms with E-state index in [-0.39, 0.29) is 5.69 Å². The molecular formula is C11H9BrN2O2. The van der Waals surface area contributed by atoms with Crippen LogP contribution >= 0.6 is 15.9 Å². The largest absolute Gasteiger partial charge is 0.477 e. The molecule has 2 aromatic rings. The monoisotopic (exact) mass is 280 g/mol. The lowest BCUT2D eigenvalue weighted by Crippen LogP contribution is -1.99. The summed E-state index contributed by atoms with van der Waals surface area (Å²) in [6, 6.07) is 7.54. The fourth-order valence-corrected chi connectivity index (χ4v) is 1.80. The number of nitrogens with zero attached hydrogens (tertiary/aromatic N) is 1. The standard InChI is InChI=1S/C11H9BrN2O2/c1-6-2-4-7(5-3-6)8-9(10(15)16)14-11(12)13-8/h2-5H,1H3,(H,13,14)(H,15,16). The minimum absolute atomic E-state index is 0.0933. The van der Waals surface area contributed by atoms with E-state index in [0.717, 1.165) is 11.1 Å². The Morgan fingerprint density at radius 2 is 2.00 bits per heavy atom. The second kappa shape index (κ2) is 4.09. The first kappa shape index (κ1) is 10.9. The van der Waals surface area contributed by atoms with Crippen LogP contribution in [0.5, 0.6) is 0 Å². The first-order valence-corrected chi connectivity index (χ1v) is 5.43. The summed E-state index contributed by atoms with van der Waals surface area (Å²) in [5.41, 5.74) is 2.44. The molecule has 4 nitrogen and oxygen atoms in total. The second-order valence-electron chi connectivity index (χ2n) is 3.42. The van der Waals surface area contributed by atoms with Crippen LogP contribution in [0, 0.1) is 6.92 Å². The summed E-state index contributed by atoms with van der Waals surface area (Å²) < 4.78 is 0.417. The highest BCUT2D eigenvalue weighted by atomic mass is 79.9. The smallest absolute Gasteiger partial charge is 0.354 e. The summed E-state index contributed by atoms with van der Waals surface area (Å²) in [6.45, 7) is 1.97. The maximum atomic E-state index is 11.0. The van der Waals surface area contributed by atoms with Gasteiger partial charge in [-0.15, -0.1) is 0 Å². The predicted molar refractivity (Wildman–Crippen MR) is 63.4 cm³/mol. The molecular weight excluding hydrogens is 272 g/mol. The van der Waals surface area contributed by atoms with Gasteiger partial charge in [0.15, 0.2) is 10.4 Å². The maximum Gasteiger partial charge on any atom is 0.354 e. The molecule has 1 aromatic carbocycles. The van der Waals surface area contributed by atoms with Crippen LogP contribution in [0.3, 0.4) is 0 Å². The average Bonchev–Trinajstić information content (AvgIpc) is 2.61. The molecule has 1 heterocycles. The summed E-state index contributed by atoms with van der Waals surface area (Å²) >= 11 is 3.13. The van der Waals surface area contributed by atoms with Crippen molar-refractivity contribution in [2.24, 2.45) is 0 Å². The van der Waals surface area contributed by atoms with Gasteiger partial charge in [-0.05, 0) is 22.9 Å². The zero-order valence-corrected chi connectivity index (χ0v) is 10.1. The SMILES string of the molecule is Cc1ccc(-c2nc(Br)[nH]c2C(=O)O)cc1. The quantitative estimate of drug-likeness (QED) is 0.889. The summed E-state index contributed by atoms with van der Waals surface area (Å²) in [7, 11) is 0. The number of aromatic nitrogens is 2. The predicted octanol–water partition coefficient (Wildman–Crippen LogP) is 2.85. The molecule has 0 unspecified atom stereocenters. The summed E-state index contributed by atoms with van der Waals surface area (Å²) in [4.78, 5) is 17.8. The van der Waals surface area contributed by atoms with Gasteiger partial charge < -0.3 is 10.1 Å². The minimum Gasteiger partial charge on any atom is -0.477 e. The zero-order valence-electron chi connectivity index (χ0n) is 8.49. The number of carbonyl (C=O) groups is 1. The van der Waals surface area contributed by atoms with Gasteiger partial charge in [-0.3, -0.25) is 0 Å². The van der Waals surface area contributed by atoms with Gasteiger partial charge >= 0.3 is 5.97 Å². The van der Waals surface area contributed by atoms with E-state index in [1.54, 1.807) is 0 Å². The van der Waals surface area contributed by atoms with Crippen molar-refractivity contribution >= 4 is 21.9 Å². The Morgan fingerprint density at radius 3 is 2.56 bits per heavy atom. The van der Waals surface area contributed by atoms with E-state index in [0.29, 0.717) is 10.4 Å². The maximum absolute atomic E-state index is 11.0. The van der Waals surface area contributed by atoms with E-state index < -0.39 is 5.97 Å². The molecule has 0 aliphatic heterocycles. The Balaban J connectivity index is 2.55. The highest BCUT2D eigenvalue weighted by molar-refractivity contribution is 9.10. The molecule has 5 heteroatoms. The number of halogens is 1. The van der Waals surface area contributed by atoms with Crippen LogP contribution in [-0.2, 0) is 0 Å². The van der Waals surface area contributed by atoms with Gasteiger partial charge in [-0.2, -0.15) is 0 Å². The molecule has 0 bridgehead atoms. The lowest BCUT2D eigenvalue weighted by atomic mass is 10.1. The molecule has 0 aliphatic rings. The van der Waals surface area contributed by atoms with Gasteiger partial charge in [0.25, 0.3) is 0 Å².